The SMILES string of the molecule is O=C(COC(=O)/C=C/c1ccccc1Cl)NNC(=O)c1ccco1. The van der Waals surface area contributed by atoms with Crippen molar-refractivity contribution in [3.8, 4) is 0 Å². The molecular formula is C16H13ClN2O5. The van der Waals surface area contributed by atoms with Crippen LogP contribution < -0.4 is 10.9 Å². The third-order valence-electron chi connectivity index (χ3n) is 2.71. The van der Waals surface area contributed by atoms with Crippen molar-refractivity contribution in [2.24, 2.45) is 0 Å². The summed E-state index contributed by atoms with van der Waals surface area (Å²) < 4.78 is 9.57. The number of rotatable bonds is 5. The second kappa shape index (κ2) is 8.54. The zero-order valence-corrected chi connectivity index (χ0v) is 13.1. The molecule has 2 rings (SSSR count). The van der Waals surface area contributed by atoms with E-state index in [1.165, 1.54) is 24.5 Å². The Kier molecular flexibility index (Phi) is 6.16. The maximum atomic E-state index is 11.5. The molecule has 7 nitrogen and oxygen atoms in total. The Morgan fingerprint density at radius 3 is 2.62 bits per heavy atom. The van der Waals surface area contributed by atoms with Gasteiger partial charge in [-0.25, -0.2) is 4.79 Å². The van der Waals surface area contributed by atoms with Crippen LogP contribution >= 0.6 is 11.6 Å². The predicted octanol–water partition coefficient (Wildman–Crippen LogP) is 1.95. The van der Waals surface area contributed by atoms with Crippen LogP contribution in [0.5, 0.6) is 0 Å². The lowest BCUT2D eigenvalue weighted by atomic mass is 10.2. The molecule has 0 saturated heterocycles. The van der Waals surface area contributed by atoms with Crippen molar-refractivity contribution < 1.29 is 23.5 Å². The van der Waals surface area contributed by atoms with Gasteiger partial charge in [-0.05, 0) is 29.8 Å². The molecule has 8 heteroatoms. The van der Waals surface area contributed by atoms with Gasteiger partial charge in [-0.2, -0.15) is 0 Å². The number of esters is 1. The first-order chi connectivity index (χ1) is 11.6. The lowest BCUT2D eigenvalue weighted by Crippen LogP contribution is -2.43. The van der Waals surface area contributed by atoms with Crippen LogP contribution in [0, 0.1) is 0 Å². The van der Waals surface area contributed by atoms with Gasteiger partial charge in [0.25, 0.3) is 5.91 Å². The van der Waals surface area contributed by atoms with Gasteiger partial charge in [-0.1, -0.05) is 29.8 Å². The molecule has 0 saturated carbocycles. The van der Waals surface area contributed by atoms with Crippen LogP contribution in [0.2, 0.25) is 5.02 Å². The Labute approximate surface area is 142 Å². The Bertz CT molecular complexity index is 756. The summed E-state index contributed by atoms with van der Waals surface area (Å²) in [6.45, 7) is -0.551. The second-order valence-electron chi connectivity index (χ2n) is 4.44. The van der Waals surface area contributed by atoms with Crippen molar-refractivity contribution in [1.82, 2.24) is 10.9 Å². The van der Waals surface area contributed by atoms with Crippen molar-refractivity contribution in [3.05, 3.63) is 65.1 Å². The standard InChI is InChI=1S/C16H13ClN2O5/c17-12-5-2-1-4-11(12)7-8-15(21)24-10-14(20)18-19-16(22)13-6-3-9-23-13/h1-9H,10H2,(H,18,20)(H,19,22)/b8-7+. The second-order valence-corrected chi connectivity index (χ2v) is 4.85. The minimum absolute atomic E-state index is 0.0370. The Morgan fingerprint density at radius 1 is 1.12 bits per heavy atom. The maximum Gasteiger partial charge on any atom is 0.331 e. The van der Waals surface area contributed by atoms with Gasteiger partial charge in [0, 0.05) is 11.1 Å². The smallest absolute Gasteiger partial charge is 0.331 e. The number of hydrogen-bond acceptors (Lipinski definition) is 5. The summed E-state index contributed by atoms with van der Waals surface area (Å²) in [4.78, 5) is 34.5. The van der Waals surface area contributed by atoms with Gasteiger partial charge in [0.2, 0.25) is 0 Å². The van der Waals surface area contributed by atoms with Crippen molar-refractivity contribution in [1.29, 1.82) is 0 Å². The average molecular weight is 349 g/mol. The van der Waals surface area contributed by atoms with E-state index in [4.69, 9.17) is 20.8 Å². The van der Waals surface area contributed by atoms with Crippen LogP contribution in [0.25, 0.3) is 6.08 Å². The third kappa shape index (κ3) is 5.29. The number of hydrazine groups is 1. The molecule has 2 amide bonds. The first kappa shape index (κ1) is 17.3. The van der Waals surface area contributed by atoms with Crippen LogP contribution in [-0.2, 0) is 14.3 Å². The van der Waals surface area contributed by atoms with E-state index in [2.05, 4.69) is 10.9 Å². The first-order valence-corrected chi connectivity index (χ1v) is 7.16. The molecule has 124 valence electrons. The Balaban J connectivity index is 1.72. The Morgan fingerprint density at radius 2 is 1.92 bits per heavy atom. The molecule has 0 aliphatic carbocycles. The van der Waals surface area contributed by atoms with Gasteiger partial charge in [0.05, 0.1) is 6.26 Å². The number of benzene rings is 1. The minimum Gasteiger partial charge on any atom is -0.459 e. The maximum absolute atomic E-state index is 11.5. The molecule has 0 aliphatic rings. The molecule has 1 heterocycles. The highest BCUT2D eigenvalue weighted by molar-refractivity contribution is 6.32. The highest BCUT2D eigenvalue weighted by Crippen LogP contribution is 2.16. The number of halogens is 1. The van der Waals surface area contributed by atoms with Gasteiger partial charge >= 0.3 is 11.9 Å². The summed E-state index contributed by atoms with van der Waals surface area (Å²) in [6.07, 6.45) is 3.95. The van der Waals surface area contributed by atoms with E-state index < -0.39 is 24.4 Å². The average Bonchev–Trinajstić information content (AvgIpc) is 3.11. The molecule has 0 radical (unpaired) electrons. The fourth-order valence-electron chi connectivity index (χ4n) is 1.58. The lowest BCUT2D eigenvalue weighted by Gasteiger charge is -2.05. The van der Waals surface area contributed by atoms with E-state index in [1.807, 2.05) is 0 Å². The molecule has 1 aromatic heterocycles. The molecule has 0 bridgehead atoms. The van der Waals surface area contributed by atoms with Crippen LogP contribution in [0.15, 0.2) is 53.2 Å². The summed E-state index contributed by atoms with van der Waals surface area (Å²) in [6, 6.07) is 9.90. The van der Waals surface area contributed by atoms with Crippen LogP contribution in [-0.4, -0.2) is 24.4 Å². The Hall–Kier alpha value is -3.06. The monoisotopic (exact) mass is 348 g/mol. The first-order valence-electron chi connectivity index (χ1n) is 6.78. The van der Waals surface area contributed by atoms with Crippen LogP contribution in [0.3, 0.4) is 0 Å². The van der Waals surface area contributed by atoms with E-state index in [-0.39, 0.29) is 5.76 Å². The number of ether oxygens (including phenoxy) is 1. The number of amides is 2. The number of furan rings is 1. The van der Waals surface area contributed by atoms with Crippen molar-refractivity contribution >= 4 is 35.5 Å². The molecule has 0 atom stereocenters. The van der Waals surface area contributed by atoms with Gasteiger partial charge in [0.1, 0.15) is 0 Å². The summed E-state index contributed by atoms with van der Waals surface area (Å²) in [5, 5.41) is 0.486. The van der Waals surface area contributed by atoms with Crippen molar-refractivity contribution in [2.45, 2.75) is 0 Å². The fraction of sp³-hybridized carbons (Fsp3) is 0.0625. The van der Waals surface area contributed by atoms with E-state index >= 15 is 0 Å². The van der Waals surface area contributed by atoms with Gasteiger partial charge in [-0.3, -0.25) is 20.4 Å². The summed E-state index contributed by atoms with van der Waals surface area (Å²) in [5.74, 6) is -2.01. The minimum atomic E-state index is -0.720. The molecule has 0 unspecified atom stereocenters. The normalized spacial score (nSPS) is 10.4. The van der Waals surface area contributed by atoms with Crippen LogP contribution in [0.4, 0.5) is 0 Å². The molecule has 0 aliphatic heterocycles. The molecule has 1 aromatic carbocycles. The van der Waals surface area contributed by atoms with E-state index in [1.54, 1.807) is 24.3 Å². The van der Waals surface area contributed by atoms with Gasteiger partial charge in [-0.15, -0.1) is 0 Å². The fourth-order valence-corrected chi connectivity index (χ4v) is 1.78. The largest absolute Gasteiger partial charge is 0.459 e. The summed E-state index contributed by atoms with van der Waals surface area (Å²) in [7, 11) is 0. The third-order valence-corrected chi connectivity index (χ3v) is 3.05. The predicted molar refractivity (Wildman–Crippen MR) is 85.8 cm³/mol. The quantitative estimate of drug-likeness (QED) is 0.489. The zero-order valence-electron chi connectivity index (χ0n) is 12.3. The molecule has 2 N–H and O–H groups in total. The van der Waals surface area contributed by atoms with Gasteiger partial charge < -0.3 is 9.15 Å². The molecule has 2 aromatic rings. The summed E-state index contributed by atoms with van der Waals surface area (Å²) in [5.41, 5.74) is 4.85. The molecular weight excluding hydrogens is 336 g/mol. The van der Waals surface area contributed by atoms with Crippen LogP contribution in [0.1, 0.15) is 16.1 Å². The zero-order chi connectivity index (χ0) is 17.4. The number of nitrogens with one attached hydrogen (secondary N) is 2. The number of hydrogen-bond donors (Lipinski definition) is 2. The number of carbonyl (C=O) groups excluding carboxylic acids is 3. The van der Waals surface area contributed by atoms with E-state index in [0.29, 0.717) is 10.6 Å². The van der Waals surface area contributed by atoms with Crippen molar-refractivity contribution in [3.63, 3.8) is 0 Å². The lowest BCUT2D eigenvalue weighted by molar-refractivity contribution is -0.144. The molecule has 0 fully saturated rings. The highest BCUT2D eigenvalue weighted by atomic mass is 35.5. The van der Waals surface area contributed by atoms with E-state index in [0.717, 1.165) is 6.08 Å². The number of carbonyl (C=O) groups is 3. The topological polar surface area (TPSA) is 97.6 Å². The van der Waals surface area contributed by atoms with E-state index in [9.17, 15) is 14.4 Å². The molecule has 24 heavy (non-hydrogen) atoms. The summed E-state index contributed by atoms with van der Waals surface area (Å²) >= 11 is 5.93. The van der Waals surface area contributed by atoms with Gasteiger partial charge in [0.15, 0.2) is 12.4 Å². The molecule has 0 spiro atoms. The van der Waals surface area contributed by atoms with Crippen molar-refractivity contribution in [2.75, 3.05) is 6.61 Å². The highest BCUT2D eigenvalue weighted by Gasteiger charge is 2.10.